The van der Waals surface area contributed by atoms with Gasteiger partial charge in [-0.05, 0) is 53.6 Å². The van der Waals surface area contributed by atoms with Gasteiger partial charge in [-0.3, -0.25) is 9.78 Å². The van der Waals surface area contributed by atoms with Gasteiger partial charge in [-0.1, -0.05) is 19.1 Å². The molecule has 2 unspecified atom stereocenters. The minimum absolute atomic E-state index is 0.0570. The summed E-state index contributed by atoms with van der Waals surface area (Å²) in [4.78, 5) is 29.8. The maximum absolute atomic E-state index is 13.2. The monoisotopic (exact) mass is 519 g/mol. The summed E-state index contributed by atoms with van der Waals surface area (Å²) < 4.78 is 66.8. The summed E-state index contributed by atoms with van der Waals surface area (Å²) in [5.74, 6) is -0.465. The number of benzene rings is 2. The number of hydrogen-bond acceptors (Lipinski definition) is 6. The normalized spacial score (nSPS) is 17.1. The Kier molecular flexibility index (Phi) is 6.48. The highest BCUT2D eigenvalue weighted by Gasteiger charge is 2.47. The van der Waals surface area contributed by atoms with Gasteiger partial charge in [0, 0.05) is 23.9 Å². The summed E-state index contributed by atoms with van der Waals surface area (Å²) in [5.41, 5.74) is -3.22. The van der Waals surface area contributed by atoms with E-state index in [9.17, 15) is 31.2 Å². The quantitative estimate of drug-likeness (QED) is 0.488. The van der Waals surface area contributed by atoms with Crippen molar-refractivity contribution >= 4 is 27.5 Å². The van der Waals surface area contributed by atoms with E-state index in [2.05, 4.69) is 10.3 Å². The van der Waals surface area contributed by atoms with E-state index in [-0.39, 0.29) is 5.69 Å². The molecule has 188 valence electrons. The van der Waals surface area contributed by atoms with Gasteiger partial charge in [-0.25, -0.2) is 18.1 Å². The summed E-state index contributed by atoms with van der Waals surface area (Å²) in [6, 6.07) is 10.6. The van der Waals surface area contributed by atoms with Gasteiger partial charge >= 0.3 is 11.5 Å². The highest BCUT2D eigenvalue weighted by Crippen LogP contribution is 2.35. The number of pyridine rings is 1. The molecule has 0 bridgehead atoms. The zero-order valence-electron chi connectivity index (χ0n) is 19.0. The number of carbonyl (C=O) groups is 2. The van der Waals surface area contributed by atoms with Crippen LogP contribution in [0.2, 0.25) is 0 Å². The minimum atomic E-state index is -5.56. The molecule has 2 aromatic carbocycles. The maximum Gasteiger partial charge on any atom is 0.501 e. The number of rotatable bonds is 6. The number of nitrogens with zero attached hydrogens (tertiary/aromatic N) is 2. The Labute approximate surface area is 204 Å². The van der Waals surface area contributed by atoms with Gasteiger partial charge in [0.1, 0.15) is 11.8 Å². The Bertz CT molecular complexity index is 1410. The lowest BCUT2D eigenvalue weighted by Gasteiger charge is -2.21. The van der Waals surface area contributed by atoms with Crippen molar-refractivity contribution in [2.24, 2.45) is 0 Å². The Hall–Kier alpha value is -3.93. The molecule has 12 heteroatoms. The second-order valence-corrected chi connectivity index (χ2v) is 9.97. The van der Waals surface area contributed by atoms with Crippen molar-refractivity contribution in [2.45, 2.75) is 29.3 Å². The van der Waals surface area contributed by atoms with Crippen LogP contribution in [-0.4, -0.2) is 44.0 Å². The van der Waals surface area contributed by atoms with E-state index in [1.807, 2.05) is 12.1 Å². The molecular weight excluding hydrogens is 499 g/mol. The molecule has 36 heavy (non-hydrogen) atoms. The van der Waals surface area contributed by atoms with Gasteiger partial charge in [-0.15, -0.1) is 0 Å². The molecule has 1 fully saturated rings. The van der Waals surface area contributed by atoms with E-state index in [1.54, 1.807) is 44.6 Å². The van der Waals surface area contributed by atoms with E-state index in [1.165, 1.54) is 0 Å². The van der Waals surface area contributed by atoms with Crippen molar-refractivity contribution in [3.63, 3.8) is 0 Å². The zero-order valence-corrected chi connectivity index (χ0v) is 19.8. The number of carbonyl (C=O) groups excluding carboxylic acids is 2. The largest absolute Gasteiger partial charge is 0.501 e. The molecule has 3 amide bonds. The van der Waals surface area contributed by atoms with Gasteiger partial charge in [0.25, 0.3) is 15.7 Å². The number of urea groups is 1. The van der Waals surface area contributed by atoms with Gasteiger partial charge in [0.2, 0.25) is 0 Å². The fourth-order valence-electron chi connectivity index (χ4n) is 3.98. The molecule has 2 heterocycles. The molecule has 2 atom stereocenters. The predicted octanol–water partition coefficient (Wildman–Crippen LogP) is 4.28. The fraction of sp³-hybridized carbons (Fsp3) is 0.208. The first-order chi connectivity index (χ1) is 17.0. The second-order valence-electron chi connectivity index (χ2n) is 8.02. The number of methoxy groups -OCH3 is 1. The lowest BCUT2D eigenvalue weighted by molar-refractivity contribution is -0.118. The molecule has 0 saturated carbocycles. The second kappa shape index (κ2) is 9.26. The molecule has 3 aromatic rings. The Morgan fingerprint density at radius 1 is 1.03 bits per heavy atom. The van der Waals surface area contributed by atoms with Crippen molar-refractivity contribution in [2.75, 3.05) is 12.0 Å². The van der Waals surface area contributed by atoms with Crippen molar-refractivity contribution in [3.05, 3.63) is 72.6 Å². The van der Waals surface area contributed by atoms with E-state index < -0.39 is 44.1 Å². The number of nitrogens with one attached hydrogen (secondary N) is 1. The lowest BCUT2D eigenvalue weighted by Crippen LogP contribution is -2.35. The molecule has 1 N–H and O–H groups in total. The molecule has 1 saturated heterocycles. The van der Waals surface area contributed by atoms with Crippen molar-refractivity contribution in [1.82, 2.24) is 10.3 Å². The van der Waals surface area contributed by atoms with Crippen LogP contribution in [0.25, 0.3) is 11.1 Å². The Balaban J connectivity index is 1.62. The summed E-state index contributed by atoms with van der Waals surface area (Å²) in [5, 5.41) is 2.62. The van der Waals surface area contributed by atoms with E-state index >= 15 is 0 Å². The lowest BCUT2D eigenvalue weighted by atomic mass is 9.88. The number of halogens is 3. The Morgan fingerprint density at radius 2 is 1.67 bits per heavy atom. The van der Waals surface area contributed by atoms with Gasteiger partial charge in [0.15, 0.2) is 0 Å². The topological polar surface area (TPSA) is 106 Å². The first-order valence-electron chi connectivity index (χ1n) is 10.6. The smallest absolute Gasteiger partial charge is 0.497 e. The molecule has 1 aliphatic rings. The molecule has 0 aliphatic carbocycles. The SMILES string of the molecule is COc1ccc(-c2cnccc2C(C)C2NC(=O)N(c3ccc(S(=O)(=O)C(F)(F)F)cc3)C2=O)cc1. The third kappa shape index (κ3) is 4.39. The van der Waals surface area contributed by atoms with E-state index in [0.29, 0.717) is 17.9 Å². The summed E-state index contributed by atoms with van der Waals surface area (Å²) in [6.07, 6.45) is 3.21. The molecule has 4 rings (SSSR count). The van der Waals surface area contributed by atoms with Crippen LogP contribution in [-0.2, 0) is 14.6 Å². The third-order valence-electron chi connectivity index (χ3n) is 5.92. The van der Waals surface area contributed by atoms with Crippen LogP contribution >= 0.6 is 0 Å². The number of sulfone groups is 1. The first-order valence-corrected chi connectivity index (χ1v) is 12.1. The van der Waals surface area contributed by atoms with Gasteiger partial charge in [0.05, 0.1) is 17.7 Å². The van der Waals surface area contributed by atoms with Crippen molar-refractivity contribution < 1.29 is 35.9 Å². The molecule has 0 radical (unpaired) electrons. The van der Waals surface area contributed by atoms with Crippen molar-refractivity contribution in [3.8, 4) is 16.9 Å². The average molecular weight is 520 g/mol. The number of aromatic nitrogens is 1. The van der Waals surface area contributed by atoms with Crippen LogP contribution < -0.4 is 15.0 Å². The average Bonchev–Trinajstić information content (AvgIpc) is 3.16. The molecule has 0 spiro atoms. The van der Waals surface area contributed by atoms with Crippen LogP contribution in [0.15, 0.2) is 71.9 Å². The number of hydrogen-bond donors (Lipinski definition) is 1. The maximum atomic E-state index is 13.2. The number of anilines is 1. The van der Waals surface area contributed by atoms with Crippen LogP contribution in [0.4, 0.5) is 23.7 Å². The zero-order chi connectivity index (χ0) is 26.3. The minimum Gasteiger partial charge on any atom is -0.497 e. The van der Waals surface area contributed by atoms with Gasteiger partial charge < -0.3 is 10.1 Å². The van der Waals surface area contributed by atoms with Crippen LogP contribution in [0.1, 0.15) is 18.4 Å². The summed E-state index contributed by atoms with van der Waals surface area (Å²) >= 11 is 0. The molecule has 8 nitrogen and oxygen atoms in total. The molecule has 1 aromatic heterocycles. The highest BCUT2D eigenvalue weighted by atomic mass is 32.2. The summed E-state index contributed by atoms with van der Waals surface area (Å²) in [7, 11) is -4.01. The Morgan fingerprint density at radius 3 is 2.25 bits per heavy atom. The number of alkyl halides is 3. The highest BCUT2D eigenvalue weighted by molar-refractivity contribution is 7.92. The van der Waals surface area contributed by atoms with Crippen LogP contribution in [0.5, 0.6) is 5.75 Å². The van der Waals surface area contributed by atoms with Crippen LogP contribution in [0, 0.1) is 0 Å². The van der Waals surface area contributed by atoms with Crippen LogP contribution in [0.3, 0.4) is 0 Å². The van der Waals surface area contributed by atoms with Crippen molar-refractivity contribution in [1.29, 1.82) is 0 Å². The fourth-order valence-corrected chi connectivity index (χ4v) is 4.75. The summed E-state index contributed by atoms with van der Waals surface area (Å²) in [6.45, 7) is 1.76. The number of imide groups is 1. The van der Waals surface area contributed by atoms with E-state index in [0.717, 1.165) is 33.7 Å². The first kappa shape index (κ1) is 25.2. The van der Waals surface area contributed by atoms with Gasteiger partial charge in [-0.2, -0.15) is 13.2 Å². The number of amides is 3. The standard InChI is InChI=1S/C24H20F3N3O5S/c1-14(19-11-12-28-13-20(19)15-3-7-17(35-2)8-4-15)21-22(31)30(23(32)29-21)16-5-9-18(10-6-16)36(33,34)24(25,26)27/h3-14,21H,1-2H3,(H,29,32). The molecular formula is C24H20F3N3O5S. The number of ether oxygens (including phenoxy) is 1. The third-order valence-corrected chi connectivity index (χ3v) is 7.43. The van der Waals surface area contributed by atoms with E-state index in [4.69, 9.17) is 4.74 Å². The predicted molar refractivity (Wildman–Crippen MR) is 124 cm³/mol. The molecule has 1 aliphatic heterocycles.